The number of carbonyl (C=O) groups excluding carboxylic acids is 1. The fourth-order valence-corrected chi connectivity index (χ4v) is 2.91. The highest BCUT2D eigenvalue weighted by Crippen LogP contribution is 2.26. The number of anilines is 3. The molecule has 1 amide bonds. The number of hydrogen-bond acceptors (Lipinski definition) is 6. The van der Waals surface area contributed by atoms with Gasteiger partial charge in [-0.25, -0.2) is 9.37 Å². The maximum atomic E-state index is 14.4. The monoisotopic (exact) mass is 399 g/mol. The van der Waals surface area contributed by atoms with Crippen molar-refractivity contribution in [1.82, 2.24) is 14.8 Å². The number of hydrogen-bond donors (Lipinski definition) is 4. The second kappa shape index (κ2) is 8.44. The van der Waals surface area contributed by atoms with E-state index in [1.54, 1.807) is 13.1 Å². The summed E-state index contributed by atoms with van der Waals surface area (Å²) in [7, 11) is 0. The summed E-state index contributed by atoms with van der Waals surface area (Å²) < 4.78 is 16.4. The van der Waals surface area contributed by atoms with Crippen molar-refractivity contribution in [3.63, 3.8) is 0 Å². The molecule has 2 heterocycles. The van der Waals surface area contributed by atoms with Gasteiger partial charge in [-0.1, -0.05) is 6.92 Å². The zero-order valence-corrected chi connectivity index (χ0v) is 16.7. The first-order valence-electron chi connectivity index (χ1n) is 9.55. The predicted octanol–water partition coefficient (Wildman–Crippen LogP) is 2.97. The van der Waals surface area contributed by atoms with Crippen molar-refractivity contribution in [1.29, 1.82) is 0 Å². The molecule has 3 aromatic rings. The molecule has 2 aromatic heterocycles. The van der Waals surface area contributed by atoms with Gasteiger partial charge in [0.05, 0.1) is 17.3 Å². The molecule has 0 fully saturated rings. The molecule has 3 rings (SSSR count). The lowest BCUT2D eigenvalue weighted by Crippen LogP contribution is -2.35. The van der Waals surface area contributed by atoms with Crippen molar-refractivity contribution >= 4 is 34.1 Å². The van der Waals surface area contributed by atoms with Gasteiger partial charge in [0.15, 0.2) is 11.6 Å². The third-order valence-corrected chi connectivity index (χ3v) is 4.73. The first kappa shape index (κ1) is 20.5. The summed E-state index contributed by atoms with van der Waals surface area (Å²) in [5.41, 5.74) is 12.9. The molecule has 154 valence electrons. The highest BCUT2D eigenvalue weighted by molar-refractivity contribution is 5.99. The molecule has 8 nitrogen and oxygen atoms in total. The summed E-state index contributed by atoms with van der Waals surface area (Å²) in [4.78, 5) is 16.1. The number of benzene rings is 1. The Bertz CT molecular complexity index is 1030. The van der Waals surface area contributed by atoms with E-state index in [2.05, 4.69) is 27.6 Å². The Hall–Kier alpha value is -3.20. The van der Waals surface area contributed by atoms with Gasteiger partial charge in [0, 0.05) is 29.7 Å². The largest absolute Gasteiger partial charge is 0.365 e. The summed E-state index contributed by atoms with van der Waals surface area (Å²) >= 11 is 0. The summed E-state index contributed by atoms with van der Waals surface area (Å²) in [5, 5.41) is 11.3. The van der Waals surface area contributed by atoms with Gasteiger partial charge in [0.2, 0.25) is 0 Å². The fraction of sp³-hybridized carbons (Fsp3) is 0.350. The minimum atomic E-state index is -0.775. The quantitative estimate of drug-likeness (QED) is 0.462. The van der Waals surface area contributed by atoms with Gasteiger partial charge < -0.3 is 22.1 Å². The van der Waals surface area contributed by atoms with Crippen LogP contribution in [0.25, 0.3) is 10.9 Å². The number of aromatic nitrogens is 3. The smallest absolute Gasteiger partial charge is 0.252 e. The summed E-state index contributed by atoms with van der Waals surface area (Å²) in [6, 6.07) is 6.32. The van der Waals surface area contributed by atoms with E-state index in [0.717, 1.165) is 29.9 Å². The molecule has 2 atom stereocenters. The zero-order chi connectivity index (χ0) is 21.1. The zero-order valence-electron chi connectivity index (χ0n) is 16.7. The number of carbonyl (C=O) groups is 1. The van der Waals surface area contributed by atoms with Crippen molar-refractivity contribution in [2.75, 3.05) is 10.6 Å². The van der Waals surface area contributed by atoms with E-state index in [1.165, 1.54) is 0 Å². The summed E-state index contributed by atoms with van der Waals surface area (Å²) in [6.45, 7) is 6.55. The van der Waals surface area contributed by atoms with Crippen LogP contribution in [0.5, 0.6) is 0 Å². The maximum absolute atomic E-state index is 14.4. The van der Waals surface area contributed by atoms with Crippen molar-refractivity contribution < 1.29 is 9.18 Å². The Labute approximate surface area is 168 Å². The van der Waals surface area contributed by atoms with Gasteiger partial charge in [-0.3, -0.25) is 9.48 Å². The Morgan fingerprint density at radius 3 is 2.69 bits per heavy atom. The van der Waals surface area contributed by atoms with Crippen molar-refractivity contribution in [3.05, 3.63) is 41.8 Å². The number of rotatable bonds is 8. The number of pyridine rings is 1. The van der Waals surface area contributed by atoms with E-state index < -0.39 is 11.7 Å². The van der Waals surface area contributed by atoms with Crippen LogP contribution in [-0.4, -0.2) is 32.8 Å². The number of nitrogens with zero attached hydrogens (tertiary/aromatic N) is 3. The molecular weight excluding hydrogens is 373 g/mol. The second-order valence-electron chi connectivity index (χ2n) is 7.14. The average Bonchev–Trinajstić information content (AvgIpc) is 3.06. The molecule has 9 heteroatoms. The third-order valence-electron chi connectivity index (χ3n) is 4.73. The van der Waals surface area contributed by atoms with Crippen LogP contribution in [0.15, 0.2) is 30.5 Å². The SMILES string of the molecule is CCCn1ncc2cc(Nc3nc(N[C@H](C)[C@H](C)N)c(F)cc3C(N)=O)ccc21. The first-order chi connectivity index (χ1) is 13.8. The molecule has 0 bridgehead atoms. The van der Waals surface area contributed by atoms with Crippen molar-refractivity contribution in [2.24, 2.45) is 11.5 Å². The van der Waals surface area contributed by atoms with Crippen molar-refractivity contribution in [2.45, 2.75) is 45.8 Å². The molecule has 6 N–H and O–H groups in total. The molecule has 0 unspecified atom stereocenters. The molecule has 1 aromatic carbocycles. The van der Waals surface area contributed by atoms with Crippen LogP contribution in [0.3, 0.4) is 0 Å². The maximum Gasteiger partial charge on any atom is 0.252 e. The standard InChI is InChI=1S/C20H26FN7O/c1-4-7-28-17-6-5-14(8-13(17)10-24-28)26-19-15(18(23)29)9-16(21)20(27-19)25-12(3)11(2)22/h5-6,8-12H,4,7,22H2,1-3H3,(H2,23,29)(H2,25,26,27)/t11-,12+/m0/s1. The molecule has 0 aliphatic rings. The number of halogens is 1. The Balaban J connectivity index is 1.96. The summed E-state index contributed by atoms with van der Waals surface area (Å²) in [6.07, 6.45) is 2.76. The van der Waals surface area contributed by atoms with Crippen LogP contribution in [0.2, 0.25) is 0 Å². The normalized spacial score (nSPS) is 13.3. The van der Waals surface area contributed by atoms with E-state index in [9.17, 15) is 9.18 Å². The lowest BCUT2D eigenvalue weighted by atomic mass is 10.1. The van der Waals surface area contributed by atoms with E-state index in [-0.39, 0.29) is 29.3 Å². The fourth-order valence-electron chi connectivity index (χ4n) is 2.91. The third kappa shape index (κ3) is 4.45. The van der Waals surface area contributed by atoms with Gasteiger partial charge >= 0.3 is 0 Å². The van der Waals surface area contributed by atoms with Gasteiger partial charge in [-0.05, 0) is 44.5 Å². The highest BCUT2D eigenvalue weighted by Gasteiger charge is 2.18. The van der Waals surface area contributed by atoms with E-state index in [4.69, 9.17) is 11.5 Å². The molecule has 0 aliphatic carbocycles. The lowest BCUT2D eigenvalue weighted by molar-refractivity contribution is 0.100. The number of nitrogens with one attached hydrogen (secondary N) is 2. The van der Waals surface area contributed by atoms with Crippen LogP contribution in [0.1, 0.15) is 37.6 Å². The van der Waals surface area contributed by atoms with Gasteiger partial charge in [0.1, 0.15) is 5.82 Å². The Morgan fingerprint density at radius 2 is 2.03 bits per heavy atom. The molecular formula is C20H26FN7O. The topological polar surface area (TPSA) is 124 Å². The van der Waals surface area contributed by atoms with Crippen LogP contribution in [-0.2, 0) is 6.54 Å². The van der Waals surface area contributed by atoms with Gasteiger partial charge in [0.25, 0.3) is 5.91 Å². The molecule has 0 saturated carbocycles. The number of amides is 1. The number of fused-ring (bicyclic) bond motifs is 1. The summed E-state index contributed by atoms with van der Waals surface area (Å²) in [5.74, 6) is -1.28. The molecule has 0 aliphatic heterocycles. The number of nitrogens with two attached hydrogens (primary N) is 2. The van der Waals surface area contributed by atoms with Gasteiger partial charge in [-0.2, -0.15) is 5.10 Å². The Morgan fingerprint density at radius 1 is 1.28 bits per heavy atom. The van der Waals surface area contributed by atoms with E-state index in [0.29, 0.717) is 5.69 Å². The highest BCUT2D eigenvalue weighted by atomic mass is 19.1. The average molecular weight is 399 g/mol. The molecule has 29 heavy (non-hydrogen) atoms. The van der Waals surface area contributed by atoms with E-state index in [1.807, 2.05) is 29.8 Å². The van der Waals surface area contributed by atoms with Crippen molar-refractivity contribution in [3.8, 4) is 0 Å². The van der Waals surface area contributed by atoms with Crippen LogP contribution in [0, 0.1) is 5.82 Å². The van der Waals surface area contributed by atoms with Crippen LogP contribution >= 0.6 is 0 Å². The Kier molecular flexibility index (Phi) is 5.97. The van der Waals surface area contributed by atoms with Gasteiger partial charge in [-0.15, -0.1) is 0 Å². The minimum Gasteiger partial charge on any atom is -0.365 e. The first-order valence-corrected chi connectivity index (χ1v) is 9.55. The molecule has 0 saturated heterocycles. The molecule has 0 spiro atoms. The second-order valence-corrected chi connectivity index (χ2v) is 7.14. The number of aryl methyl sites for hydroxylation is 1. The minimum absolute atomic E-state index is 0.000793. The molecule has 0 radical (unpaired) electrons. The number of primary amides is 1. The van der Waals surface area contributed by atoms with Crippen LogP contribution < -0.4 is 22.1 Å². The van der Waals surface area contributed by atoms with E-state index >= 15 is 0 Å². The predicted molar refractivity (Wildman–Crippen MR) is 113 cm³/mol. The lowest BCUT2D eigenvalue weighted by Gasteiger charge is -2.20. The van der Waals surface area contributed by atoms with Crippen LogP contribution in [0.4, 0.5) is 21.7 Å².